The number of carbonyl (C=O) groups excluding carboxylic acids is 1. The van der Waals surface area contributed by atoms with Gasteiger partial charge in [-0.1, -0.05) is 0 Å². The van der Waals surface area contributed by atoms with Gasteiger partial charge in [0.2, 0.25) is 5.91 Å². The maximum Gasteiger partial charge on any atom is 0.387 e. The van der Waals surface area contributed by atoms with Crippen LogP contribution < -0.4 is 25.8 Å². The number of primary amides is 1. The summed E-state index contributed by atoms with van der Waals surface area (Å²) >= 11 is 0. The Morgan fingerprint density at radius 2 is 2.00 bits per heavy atom. The number of rotatable bonds is 11. The summed E-state index contributed by atoms with van der Waals surface area (Å²) in [4.78, 5) is 17.8. The van der Waals surface area contributed by atoms with E-state index in [0.29, 0.717) is 17.3 Å². The molecular formula is C21H34F2IN5O3. The van der Waals surface area contributed by atoms with Crippen LogP contribution in [0.25, 0.3) is 0 Å². The van der Waals surface area contributed by atoms with Crippen molar-refractivity contribution in [3.63, 3.8) is 0 Å². The Hall–Kier alpha value is -1.89. The zero-order valence-corrected chi connectivity index (χ0v) is 20.9. The molecule has 182 valence electrons. The molecule has 0 unspecified atom stereocenters. The lowest BCUT2D eigenvalue weighted by molar-refractivity contribution is -0.123. The van der Waals surface area contributed by atoms with Crippen LogP contribution in [0.4, 0.5) is 8.78 Å². The van der Waals surface area contributed by atoms with E-state index < -0.39 is 6.61 Å². The lowest BCUT2D eigenvalue weighted by Gasteiger charge is -2.30. The molecular weight excluding hydrogens is 535 g/mol. The minimum Gasteiger partial charge on any atom is -0.497 e. The fourth-order valence-corrected chi connectivity index (χ4v) is 3.54. The lowest BCUT2D eigenvalue weighted by atomic mass is 9.96. The Morgan fingerprint density at radius 1 is 1.28 bits per heavy atom. The number of guanidine groups is 1. The van der Waals surface area contributed by atoms with Gasteiger partial charge in [0.05, 0.1) is 7.11 Å². The third-order valence-corrected chi connectivity index (χ3v) is 5.34. The Morgan fingerprint density at radius 3 is 2.59 bits per heavy atom. The Balaban J connectivity index is 0.00000512. The highest BCUT2D eigenvalue weighted by Crippen LogP contribution is 2.25. The molecule has 1 aliphatic heterocycles. The number of halogens is 3. The van der Waals surface area contributed by atoms with Gasteiger partial charge in [-0.3, -0.25) is 9.79 Å². The van der Waals surface area contributed by atoms with Crippen LogP contribution in [0.3, 0.4) is 0 Å². The van der Waals surface area contributed by atoms with Gasteiger partial charge in [0.25, 0.3) is 0 Å². The van der Waals surface area contributed by atoms with E-state index in [2.05, 4.69) is 25.3 Å². The van der Waals surface area contributed by atoms with E-state index in [-0.39, 0.29) is 48.1 Å². The number of unbranched alkanes of at least 4 members (excludes halogenated alkanes) is 1. The molecule has 32 heavy (non-hydrogen) atoms. The summed E-state index contributed by atoms with van der Waals surface area (Å²) in [5.41, 5.74) is 5.91. The minimum absolute atomic E-state index is 0. The summed E-state index contributed by atoms with van der Waals surface area (Å²) in [7, 11) is 3.17. The Bertz CT molecular complexity index is 731. The van der Waals surface area contributed by atoms with Gasteiger partial charge in [0.15, 0.2) is 5.96 Å². The third kappa shape index (κ3) is 9.72. The summed E-state index contributed by atoms with van der Waals surface area (Å²) in [6, 6.07) is 4.69. The predicted octanol–water partition coefficient (Wildman–Crippen LogP) is 2.56. The van der Waals surface area contributed by atoms with Crippen LogP contribution in [-0.4, -0.2) is 63.7 Å². The molecule has 0 radical (unpaired) electrons. The number of hydrogen-bond acceptors (Lipinski definition) is 5. The van der Waals surface area contributed by atoms with Crippen molar-refractivity contribution in [1.82, 2.24) is 15.5 Å². The largest absolute Gasteiger partial charge is 0.497 e. The van der Waals surface area contributed by atoms with Crippen molar-refractivity contribution < 1.29 is 23.0 Å². The van der Waals surface area contributed by atoms with Gasteiger partial charge in [0.1, 0.15) is 11.5 Å². The van der Waals surface area contributed by atoms with E-state index in [0.717, 1.165) is 51.9 Å². The predicted molar refractivity (Wildman–Crippen MR) is 131 cm³/mol. The van der Waals surface area contributed by atoms with Gasteiger partial charge in [-0.25, -0.2) is 0 Å². The first kappa shape index (κ1) is 28.1. The number of nitrogens with zero attached hydrogens (tertiary/aromatic N) is 2. The molecule has 1 aliphatic rings. The van der Waals surface area contributed by atoms with Crippen LogP contribution in [0.15, 0.2) is 23.2 Å². The highest BCUT2D eigenvalue weighted by Gasteiger charge is 2.22. The number of nitrogens with two attached hydrogens (primary N) is 1. The number of piperidine rings is 1. The molecule has 0 bridgehead atoms. The fourth-order valence-electron chi connectivity index (χ4n) is 3.54. The molecule has 1 heterocycles. The highest BCUT2D eigenvalue weighted by molar-refractivity contribution is 14.0. The molecule has 0 spiro atoms. The maximum atomic E-state index is 12.6. The molecule has 1 aromatic rings. The molecule has 2 rings (SSSR count). The topological polar surface area (TPSA) is 101 Å². The van der Waals surface area contributed by atoms with Crippen molar-refractivity contribution in [2.75, 3.05) is 40.3 Å². The molecule has 1 fully saturated rings. The van der Waals surface area contributed by atoms with Gasteiger partial charge in [-0.15, -0.1) is 24.0 Å². The summed E-state index contributed by atoms with van der Waals surface area (Å²) in [5.74, 6) is 1.06. The van der Waals surface area contributed by atoms with E-state index in [1.54, 1.807) is 19.2 Å². The van der Waals surface area contributed by atoms with Crippen LogP contribution in [0.5, 0.6) is 11.5 Å². The first-order valence-electron chi connectivity index (χ1n) is 10.5. The zero-order valence-electron chi connectivity index (χ0n) is 18.6. The molecule has 11 heteroatoms. The lowest BCUT2D eigenvalue weighted by Crippen LogP contribution is -2.39. The smallest absolute Gasteiger partial charge is 0.387 e. The maximum absolute atomic E-state index is 12.6. The van der Waals surface area contributed by atoms with E-state index in [9.17, 15) is 13.6 Å². The van der Waals surface area contributed by atoms with Crippen molar-refractivity contribution in [3.8, 4) is 11.5 Å². The zero-order chi connectivity index (χ0) is 22.6. The highest BCUT2D eigenvalue weighted by atomic mass is 127. The number of nitrogens with one attached hydrogen (secondary N) is 2. The van der Waals surface area contributed by atoms with E-state index in [1.807, 2.05) is 0 Å². The number of likely N-dealkylation sites (tertiary alicyclic amines) is 1. The standard InChI is InChI=1S/C21H33F2N5O3.HI/c1-25-21(26-9-3-4-10-28-11-7-15(8-12-28)19(24)29)27-14-16-13-17(30-2)5-6-18(16)31-20(22)23;/h5-6,13,15,20H,3-4,7-12,14H2,1-2H3,(H2,24,29)(H2,25,26,27);1H. The molecule has 1 amide bonds. The van der Waals surface area contributed by atoms with Crippen LogP contribution in [0.2, 0.25) is 0 Å². The Labute approximate surface area is 205 Å². The average molecular weight is 569 g/mol. The third-order valence-electron chi connectivity index (χ3n) is 5.34. The van der Waals surface area contributed by atoms with E-state index in [1.165, 1.54) is 13.2 Å². The van der Waals surface area contributed by atoms with Gasteiger partial charge < -0.3 is 30.7 Å². The number of carbonyl (C=O) groups is 1. The normalized spacial score (nSPS) is 15.2. The average Bonchev–Trinajstić information content (AvgIpc) is 2.76. The van der Waals surface area contributed by atoms with Gasteiger partial charge >= 0.3 is 6.61 Å². The summed E-state index contributed by atoms with van der Waals surface area (Å²) in [6.07, 6.45) is 3.65. The van der Waals surface area contributed by atoms with Crippen molar-refractivity contribution in [3.05, 3.63) is 23.8 Å². The van der Waals surface area contributed by atoms with Crippen molar-refractivity contribution in [2.24, 2.45) is 16.6 Å². The SMILES string of the molecule is CN=C(NCCCCN1CCC(C(N)=O)CC1)NCc1cc(OC)ccc1OC(F)F.I. The van der Waals surface area contributed by atoms with Crippen LogP contribution in [-0.2, 0) is 11.3 Å². The number of hydrogen-bond donors (Lipinski definition) is 3. The summed E-state index contributed by atoms with van der Waals surface area (Å²) in [6.45, 7) is 0.897. The number of methoxy groups -OCH3 is 1. The van der Waals surface area contributed by atoms with E-state index >= 15 is 0 Å². The number of alkyl halides is 2. The van der Waals surface area contributed by atoms with Crippen molar-refractivity contribution >= 4 is 35.8 Å². The second-order valence-corrected chi connectivity index (χ2v) is 7.43. The number of aliphatic imine (C=N–C) groups is 1. The van der Waals surface area contributed by atoms with Gasteiger partial charge in [0, 0.05) is 31.6 Å². The number of ether oxygens (including phenoxy) is 2. The first-order valence-corrected chi connectivity index (χ1v) is 10.5. The second kappa shape index (κ2) is 15.0. The van der Waals surface area contributed by atoms with Crippen LogP contribution in [0.1, 0.15) is 31.2 Å². The first-order chi connectivity index (χ1) is 14.9. The van der Waals surface area contributed by atoms with E-state index in [4.69, 9.17) is 10.5 Å². The molecule has 1 aromatic carbocycles. The molecule has 0 atom stereocenters. The Kier molecular flexibility index (Phi) is 13.2. The number of amides is 1. The summed E-state index contributed by atoms with van der Waals surface area (Å²) in [5, 5.41) is 6.34. The van der Waals surface area contributed by atoms with Crippen molar-refractivity contribution in [2.45, 2.75) is 38.8 Å². The fraction of sp³-hybridized carbons (Fsp3) is 0.619. The summed E-state index contributed by atoms with van der Waals surface area (Å²) < 4.78 is 35.0. The van der Waals surface area contributed by atoms with Crippen LogP contribution in [0, 0.1) is 5.92 Å². The molecule has 8 nitrogen and oxygen atoms in total. The molecule has 0 aromatic heterocycles. The monoisotopic (exact) mass is 569 g/mol. The van der Waals surface area contributed by atoms with Gasteiger partial charge in [-0.2, -0.15) is 8.78 Å². The number of benzene rings is 1. The molecule has 4 N–H and O–H groups in total. The molecule has 0 aliphatic carbocycles. The molecule has 1 saturated heterocycles. The van der Waals surface area contributed by atoms with Gasteiger partial charge in [-0.05, 0) is 63.5 Å². The van der Waals surface area contributed by atoms with Crippen molar-refractivity contribution in [1.29, 1.82) is 0 Å². The second-order valence-electron chi connectivity index (χ2n) is 7.43. The molecule has 0 saturated carbocycles. The minimum atomic E-state index is -2.90. The van der Waals surface area contributed by atoms with Crippen LogP contribution >= 0.6 is 24.0 Å². The quantitative estimate of drug-likeness (QED) is 0.164.